The Morgan fingerprint density at radius 1 is 0.915 bits per heavy atom. The molecule has 15 heteroatoms. The molecule has 5 aromatic rings. The van der Waals surface area contributed by atoms with E-state index in [1.807, 2.05) is 13.8 Å². The number of carboxylic acids is 1. The zero-order valence-electron chi connectivity index (χ0n) is 25.5. The van der Waals surface area contributed by atoms with Crippen LogP contribution in [0.2, 0.25) is 0 Å². The van der Waals surface area contributed by atoms with E-state index in [1.54, 1.807) is 37.3 Å². The number of aryl methyl sites for hydroxylation is 2. The van der Waals surface area contributed by atoms with Gasteiger partial charge in [-0.25, -0.2) is 18.2 Å². The quantitative estimate of drug-likeness (QED) is 0.177. The summed E-state index contributed by atoms with van der Waals surface area (Å²) in [5, 5.41) is 12.8. The molecular weight excluding hydrogens is 646 g/mol. The molecule has 3 aromatic carbocycles. The van der Waals surface area contributed by atoms with Crippen molar-refractivity contribution in [2.24, 2.45) is 7.05 Å². The number of ether oxygens (including phenoxy) is 2. The molecule has 1 aliphatic rings. The monoisotopic (exact) mass is 673 g/mol. The lowest BCUT2D eigenvalue weighted by atomic mass is 9.94. The fourth-order valence-electron chi connectivity index (χ4n) is 4.93. The van der Waals surface area contributed by atoms with Crippen LogP contribution in [0.25, 0.3) is 45.0 Å². The topological polar surface area (TPSA) is 134 Å². The van der Waals surface area contributed by atoms with Crippen molar-refractivity contribution < 1.29 is 49.8 Å². The number of halogens is 4. The maximum atomic E-state index is 14.5. The summed E-state index contributed by atoms with van der Waals surface area (Å²) in [6.07, 6.45) is -2.79. The maximum absolute atomic E-state index is 14.5. The van der Waals surface area contributed by atoms with Gasteiger partial charge in [-0.3, -0.25) is 4.68 Å². The Hall–Kier alpha value is -5.18. The SMILES string of the molecule is CC.Cc1nc(-c2ccc3c(c2)OC(F)(F)O3)c(-c2cc(-c3cccc(S(C)(=O)=O)c3)ccc2-c2cc(C(F)(F)C(=O)O)nn2C)o1. The van der Waals surface area contributed by atoms with Gasteiger partial charge in [-0.2, -0.15) is 13.9 Å². The van der Waals surface area contributed by atoms with Crippen molar-refractivity contribution in [1.82, 2.24) is 14.8 Å². The fourth-order valence-corrected chi connectivity index (χ4v) is 5.59. The number of hydrogen-bond acceptors (Lipinski definition) is 8. The standard InChI is InChI=1S/C30H21F4N3O7S.C2H6/c1-15-35-26(18-8-10-23-24(13-18)44-30(33,34)43-23)27(42-15)21-12-17(16-5-4-6-19(11-16)45(3,40)41)7-9-20(21)22-14-25(36-37(22)2)29(31,32)28(38)39;1-2/h4-14H,1-3H3,(H,38,39);1-2H3. The van der Waals surface area contributed by atoms with Crippen LogP contribution in [0.1, 0.15) is 25.4 Å². The summed E-state index contributed by atoms with van der Waals surface area (Å²) < 4.78 is 97.0. The smallest absolute Gasteiger partial charge is 0.476 e. The maximum Gasteiger partial charge on any atom is 0.586 e. The highest BCUT2D eigenvalue weighted by Crippen LogP contribution is 2.46. The minimum atomic E-state index is -4.29. The summed E-state index contributed by atoms with van der Waals surface area (Å²) in [6, 6.07) is 15.9. The van der Waals surface area contributed by atoms with Gasteiger partial charge in [0.2, 0.25) is 0 Å². The number of alkyl halides is 4. The number of sulfone groups is 1. The van der Waals surface area contributed by atoms with E-state index in [0.29, 0.717) is 16.7 Å². The third kappa shape index (κ3) is 6.30. The third-order valence-electron chi connectivity index (χ3n) is 7.01. The highest BCUT2D eigenvalue weighted by atomic mass is 32.2. The first-order chi connectivity index (χ1) is 22.0. The number of aliphatic carboxylic acids is 1. The third-order valence-corrected chi connectivity index (χ3v) is 8.12. The van der Waals surface area contributed by atoms with E-state index in [2.05, 4.69) is 19.6 Å². The lowest BCUT2D eigenvalue weighted by Gasteiger charge is -2.13. The van der Waals surface area contributed by atoms with Gasteiger partial charge in [0, 0.05) is 36.9 Å². The van der Waals surface area contributed by atoms with Gasteiger partial charge in [-0.1, -0.05) is 38.1 Å². The van der Waals surface area contributed by atoms with Crippen LogP contribution in [0.4, 0.5) is 17.6 Å². The highest BCUT2D eigenvalue weighted by molar-refractivity contribution is 7.90. The van der Waals surface area contributed by atoms with Crippen molar-refractivity contribution in [2.75, 3.05) is 6.26 Å². The molecule has 246 valence electrons. The molecule has 47 heavy (non-hydrogen) atoms. The molecule has 0 atom stereocenters. The zero-order valence-corrected chi connectivity index (χ0v) is 26.3. The first kappa shape index (κ1) is 33.2. The van der Waals surface area contributed by atoms with E-state index in [4.69, 9.17) is 9.52 Å². The van der Waals surface area contributed by atoms with Crippen LogP contribution in [0.15, 0.2) is 76.0 Å². The molecule has 0 amide bonds. The van der Waals surface area contributed by atoms with Crippen molar-refractivity contribution in [1.29, 1.82) is 0 Å². The first-order valence-corrected chi connectivity index (χ1v) is 15.9. The van der Waals surface area contributed by atoms with Gasteiger partial charge in [-0.05, 0) is 53.6 Å². The molecule has 2 aromatic heterocycles. The van der Waals surface area contributed by atoms with Crippen molar-refractivity contribution in [3.8, 4) is 56.5 Å². The molecule has 0 bridgehead atoms. The molecule has 0 aliphatic carbocycles. The minimum Gasteiger partial charge on any atom is -0.476 e. The Morgan fingerprint density at radius 3 is 2.26 bits per heavy atom. The van der Waals surface area contributed by atoms with Crippen molar-refractivity contribution >= 4 is 15.8 Å². The Bertz CT molecular complexity index is 2120. The van der Waals surface area contributed by atoms with Crippen LogP contribution < -0.4 is 9.47 Å². The van der Waals surface area contributed by atoms with Gasteiger partial charge in [0.1, 0.15) is 11.4 Å². The average Bonchev–Trinajstić information content (AvgIpc) is 3.70. The Morgan fingerprint density at radius 2 is 1.57 bits per heavy atom. The van der Waals surface area contributed by atoms with Gasteiger partial charge in [0.25, 0.3) is 0 Å². The minimum absolute atomic E-state index is 0.0613. The highest BCUT2D eigenvalue weighted by Gasteiger charge is 2.45. The van der Waals surface area contributed by atoms with Crippen LogP contribution >= 0.6 is 0 Å². The average molecular weight is 674 g/mol. The number of fused-ring (bicyclic) bond motifs is 1. The summed E-state index contributed by atoms with van der Waals surface area (Å²) >= 11 is 0. The molecule has 10 nitrogen and oxygen atoms in total. The number of hydrogen-bond donors (Lipinski definition) is 1. The van der Waals surface area contributed by atoms with Crippen LogP contribution in [0.3, 0.4) is 0 Å². The second-order valence-corrected chi connectivity index (χ2v) is 12.2. The van der Waals surface area contributed by atoms with Crippen LogP contribution in [0.5, 0.6) is 11.5 Å². The molecule has 6 rings (SSSR count). The number of nitrogens with zero attached hydrogens (tertiary/aromatic N) is 3. The molecule has 1 N–H and O–H groups in total. The number of benzene rings is 3. The van der Waals surface area contributed by atoms with Gasteiger partial charge in [-0.15, -0.1) is 8.78 Å². The number of rotatable bonds is 7. The predicted molar refractivity (Wildman–Crippen MR) is 162 cm³/mol. The van der Waals surface area contributed by atoms with E-state index < -0.39 is 33.7 Å². The summed E-state index contributed by atoms with van der Waals surface area (Å²) in [5.41, 5.74) is 1.08. The van der Waals surface area contributed by atoms with Crippen molar-refractivity contribution in [3.63, 3.8) is 0 Å². The van der Waals surface area contributed by atoms with Crippen molar-refractivity contribution in [3.05, 3.63) is 78.3 Å². The van der Waals surface area contributed by atoms with Gasteiger partial charge in [0.05, 0.1) is 10.6 Å². The largest absolute Gasteiger partial charge is 0.586 e. The molecule has 0 saturated heterocycles. The van der Waals surface area contributed by atoms with E-state index in [0.717, 1.165) is 17.0 Å². The first-order valence-electron chi connectivity index (χ1n) is 14.0. The second kappa shape index (κ2) is 11.9. The Labute approximate surface area is 266 Å². The lowest BCUT2D eigenvalue weighted by Crippen LogP contribution is -2.26. The molecule has 3 heterocycles. The predicted octanol–water partition coefficient (Wildman–Crippen LogP) is 7.31. The normalized spacial score (nSPS) is 13.6. The number of carboxylic acid groups (broad SMARTS) is 1. The van der Waals surface area contributed by atoms with Gasteiger partial charge >= 0.3 is 18.2 Å². The number of aromatic nitrogens is 3. The van der Waals surface area contributed by atoms with E-state index in [1.165, 1.54) is 37.4 Å². The van der Waals surface area contributed by atoms with Crippen LogP contribution in [-0.4, -0.2) is 46.8 Å². The summed E-state index contributed by atoms with van der Waals surface area (Å²) in [5.74, 6) is -6.84. The fraction of sp³-hybridized carbons (Fsp3) is 0.219. The molecule has 0 spiro atoms. The van der Waals surface area contributed by atoms with Crippen LogP contribution in [-0.2, 0) is 27.6 Å². The molecular formula is C32H27F4N3O7S. The second-order valence-electron chi connectivity index (χ2n) is 10.2. The summed E-state index contributed by atoms with van der Waals surface area (Å²) in [4.78, 5) is 15.8. The van der Waals surface area contributed by atoms with Crippen molar-refractivity contribution in [2.45, 2.75) is 37.9 Å². The summed E-state index contributed by atoms with van der Waals surface area (Å²) in [7, 11) is -2.20. The van der Waals surface area contributed by atoms with Crippen LogP contribution in [0, 0.1) is 6.92 Å². The molecule has 1 aliphatic heterocycles. The Kier molecular flexibility index (Phi) is 8.39. The van der Waals surface area contributed by atoms with E-state index in [9.17, 15) is 30.8 Å². The van der Waals surface area contributed by atoms with Gasteiger partial charge < -0.3 is 19.0 Å². The molecule has 0 fully saturated rings. The molecule has 0 radical (unpaired) electrons. The van der Waals surface area contributed by atoms with Gasteiger partial charge in [0.15, 0.2) is 33.0 Å². The number of carbonyl (C=O) groups is 1. The zero-order chi connectivity index (χ0) is 34.5. The van der Waals surface area contributed by atoms with E-state index in [-0.39, 0.29) is 50.6 Å². The Balaban J connectivity index is 0.00000213. The van der Waals surface area contributed by atoms with E-state index >= 15 is 0 Å². The molecule has 0 unspecified atom stereocenters. The molecule has 0 saturated carbocycles. The summed E-state index contributed by atoms with van der Waals surface area (Å²) in [6.45, 7) is 5.54. The lowest BCUT2D eigenvalue weighted by molar-refractivity contribution is -0.286. The number of oxazole rings is 1.